The van der Waals surface area contributed by atoms with Gasteiger partial charge in [0.15, 0.2) is 5.04 Å². The smallest absolute Gasteiger partial charge is 0.363 e. The molecule has 1 heterocycles. The summed E-state index contributed by atoms with van der Waals surface area (Å²) in [5, 5.41) is -0.277. The van der Waals surface area contributed by atoms with Gasteiger partial charge < -0.3 is 4.74 Å². The molecule has 0 fully saturated rings. The van der Waals surface area contributed by atoms with Crippen LogP contribution in [-0.4, -0.2) is 23.5 Å². The maximum absolute atomic E-state index is 11.7. The van der Waals surface area contributed by atoms with Crippen molar-refractivity contribution in [3.8, 4) is 0 Å². The van der Waals surface area contributed by atoms with Crippen molar-refractivity contribution < 1.29 is 14.3 Å². The lowest BCUT2D eigenvalue weighted by molar-refractivity contribution is -0.134. The summed E-state index contributed by atoms with van der Waals surface area (Å²) in [6, 6.07) is 9.27. The highest BCUT2D eigenvalue weighted by molar-refractivity contribution is 8.16. The first-order valence-electron chi connectivity index (χ1n) is 5.23. The number of nitrogens with zero attached hydrogens (tertiary/aromatic N) is 1. The van der Waals surface area contributed by atoms with Gasteiger partial charge in [-0.1, -0.05) is 42.1 Å². The molecule has 1 amide bonds. The molecule has 1 unspecified atom stereocenters. The zero-order chi connectivity index (χ0) is 12.3. The molecule has 88 valence electrons. The Balaban J connectivity index is 2.13. The second kappa shape index (κ2) is 5.14. The van der Waals surface area contributed by atoms with E-state index in [1.54, 1.807) is 6.92 Å². The first-order valence-corrected chi connectivity index (χ1v) is 6.11. The third-order valence-electron chi connectivity index (χ3n) is 2.22. The van der Waals surface area contributed by atoms with Crippen molar-refractivity contribution in [3.63, 3.8) is 0 Å². The molecule has 1 atom stereocenters. The second-order valence-corrected chi connectivity index (χ2v) is 4.48. The topological polar surface area (TPSA) is 55.7 Å². The van der Waals surface area contributed by atoms with Crippen molar-refractivity contribution in [2.45, 2.75) is 12.2 Å². The van der Waals surface area contributed by atoms with Crippen LogP contribution >= 0.6 is 11.8 Å². The summed E-state index contributed by atoms with van der Waals surface area (Å²) in [6.45, 7) is 2.00. The molecule has 0 saturated carbocycles. The molecule has 0 saturated heterocycles. The fourth-order valence-electron chi connectivity index (χ4n) is 1.47. The largest absolute Gasteiger partial charge is 0.461 e. The molecule has 0 aliphatic carbocycles. The van der Waals surface area contributed by atoms with E-state index in [4.69, 9.17) is 4.74 Å². The number of ether oxygens (including phenoxy) is 1. The number of hydrogen-bond donors (Lipinski definition) is 0. The van der Waals surface area contributed by atoms with Crippen molar-refractivity contribution in [3.05, 3.63) is 35.9 Å². The summed E-state index contributed by atoms with van der Waals surface area (Å²) in [6.07, 6.45) is 0. The summed E-state index contributed by atoms with van der Waals surface area (Å²) >= 11 is 1.15. The van der Waals surface area contributed by atoms with Gasteiger partial charge in [0.2, 0.25) is 0 Å². The van der Waals surface area contributed by atoms with Crippen molar-refractivity contribution in [1.82, 2.24) is 0 Å². The first kappa shape index (κ1) is 11.9. The van der Waals surface area contributed by atoms with E-state index in [0.717, 1.165) is 17.3 Å². The van der Waals surface area contributed by atoms with Gasteiger partial charge in [-0.15, -0.1) is 0 Å². The van der Waals surface area contributed by atoms with Gasteiger partial charge in [0.1, 0.15) is 5.25 Å². The molecular weight excluding hydrogens is 238 g/mol. The molecule has 1 aliphatic rings. The molecule has 1 aromatic rings. The van der Waals surface area contributed by atoms with Crippen molar-refractivity contribution in [1.29, 1.82) is 0 Å². The minimum absolute atomic E-state index is 0.144. The van der Waals surface area contributed by atoms with E-state index in [2.05, 4.69) is 4.99 Å². The number of esters is 1. The van der Waals surface area contributed by atoms with Crippen molar-refractivity contribution in [2.24, 2.45) is 4.99 Å². The Labute approximate surface area is 103 Å². The van der Waals surface area contributed by atoms with E-state index in [1.807, 2.05) is 30.3 Å². The Kier molecular flexibility index (Phi) is 3.58. The Hall–Kier alpha value is -1.62. The number of thioether (sulfide) groups is 1. The van der Waals surface area contributed by atoms with Gasteiger partial charge in [-0.25, -0.2) is 4.79 Å². The number of hydrogen-bond acceptors (Lipinski definition) is 4. The predicted molar refractivity (Wildman–Crippen MR) is 65.8 cm³/mol. The van der Waals surface area contributed by atoms with E-state index in [9.17, 15) is 9.59 Å². The molecule has 0 spiro atoms. The van der Waals surface area contributed by atoms with Crippen LogP contribution < -0.4 is 0 Å². The lowest BCUT2D eigenvalue weighted by atomic mass is 10.1. The van der Waals surface area contributed by atoms with Crippen molar-refractivity contribution in [2.75, 3.05) is 6.61 Å². The van der Waals surface area contributed by atoms with Crippen molar-refractivity contribution >= 4 is 28.7 Å². The zero-order valence-electron chi connectivity index (χ0n) is 9.25. The first-order chi connectivity index (χ1) is 8.22. The van der Waals surface area contributed by atoms with E-state index in [0.29, 0.717) is 0 Å². The van der Waals surface area contributed by atoms with Crippen LogP contribution in [0.1, 0.15) is 17.7 Å². The van der Waals surface area contributed by atoms with E-state index >= 15 is 0 Å². The lowest BCUT2D eigenvalue weighted by Gasteiger charge is -2.06. The van der Waals surface area contributed by atoms with Crippen LogP contribution in [0.2, 0.25) is 0 Å². The summed E-state index contributed by atoms with van der Waals surface area (Å²) in [4.78, 5) is 26.9. The van der Waals surface area contributed by atoms with Crippen LogP contribution in [-0.2, 0) is 14.3 Å². The molecular formula is C12H11NO3S. The monoisotopic (exact) mass is 249 g/mol. The third-order valence-corrected chi connectivity index (χ3v) is 3.41. The Morgan fingerprint density at radius 1 is 1.41 bits per heavy atom. The SMILES string of the molecule is CCOC(=O)C1=NC(=O)C(c2ccccc2)S1. The number of benzene rings is 1. The minimum Gasteiger partial charge on any atom is -0.461 e. The Bertz CT molecular complexity index is 470. The molecule has 0 N–H and O–H groups in total. The van der Waals surface area contributed by atoms with Gasteiger partial charge in [0.05, 0.1) is 6.61 Å². The average molecular weight is 249 g/mol. The van der Waals surface area contributed by atoms with Crippen LogP contribution in [0.5, 0.6) is 0 Å². The number of amides is 1. The number of carbonyl (C=O) groups excluding carboxylic acids is 2. The molecule has 5 heteroatoms. The fraction of sp³-hybridized carbons (Fsp3) is 0.250. The maximum Gasteiger partial charge on any atom is 0.363 e. The van der Waals surface area contributed by atoms with Crippen LogP contribution in [0.15, 0.2) is 35.3 Å². The highest BCUT2D eigenvalue weighted by Gasteiger charge is 2.33. The maximum atomic E-state index is 11.7. The second-order valence-electron chi connectivity index (χ2n) is 3.38. The number of aliphatic imine (C=N–C) groups is 1. The fourth-order valence-corrected chi connectivity index (χ4v) is 2.44. The van der Waals surface area contributed by atoms with E-state index in [1.165, 1.54) is 0 Å². The molecule has 0 radical (unpaired) electrons. The van der Waals surface area contributed by atoms with Gasteiger partial charge in [-0.3, -0.25) is 4.79 Å². The van der Waals surface area contributed by atoms with Gasteiger partial charge in [0, 0.05) is 0 Å². The normalized spacial score (nSPS) is 19.0. The molecule has 0 bridgehead atoms. The van der Waals surface area contributed by atoms with Gasteiger partial charge in [0.25, 0.3) is 5.91 Å². The van der Waals surface area contributed by atoms with E-state index < -0.39 is 11.2 Å². The number of rotatable bonds is 3. The van der Waals surface area contributed by atoms with Gasteiger partial charge in [-0.2, -0.15) is 4.99 Å². The van der Waals surface area contributed by atoms with E-state index in [-0.39, 0.29) is 17.6 Å². The highest BCUT2D eigenvalue weighted by Crippen LogP contribution is 2.36. The van der Waals surface area contributed by atoms with Gasteiger partial charge in [-0.05, 0) is 12.5 Å². The van der Waals surface area contributed by atoms with Gasteiger partial charge >= 0.3 is 5.97 Å². The molecule has 2 rings (SSSR count). The minimum atomic E-state index is -0.524. The summed E-state index contributed by atoms with van der Waals surface area (Å²) in [5.41, 5.74) is 0.852. The summed E-state index contributed by atoms with van der Waals surface area (Å²) in [5.74, 6) is -0.825. The number of carbonyl (C=O) groups is 2. The Morgan fingerprint density at radius 3 is 2.76 bits per heavy atom. The predicted octanol–water partition coefficient (Wildman–Crippen LogP) is 1.96. The molecule has 1 aromatic carbocycles. The van der Waals surface area contributed by atoms with Crippen LogP contribution in [0.3, 0.4) is 0 Å². The highest BCUT2D eigenvalue weighted by atomic mass is 32.2. The quantitative estimate of drug-likeness (QED) is 0.768. The molecule has 1 aliphatic heterocycles. The zero-order valence-corrected chi connectivity index (χ0v) is 10.1. The summed E-state index contributed by atoms with van der Waals surface area (Å²) in [7, 11) is 0. The van der Waals surface area contributed by atoms with Crippen LogP contribution in [0.4, 0.5) is 0 Å². The summed E-state index contributed by atoms with van der Waals surface area (Å²) < 4.78 is 4.82. The van der Waals surface area contributed by atoms with Crippen LogP contribution in [0, 0.1) is 0 Å². The molecule has 4 nitrogen and oxygen atoms in total. The lowest BCUT2D eigenvalue weighted by Crippen LogP contribution is -2.12. The molecule has 0 aromatic heterocycles. The standard InChI is InChI=1S/C12H11NO3S/c1-2-16-12(15)11-13-10(14)9(17-11)8-6-4-3-5-7-8/h3-7,9H,2H2,1H3. The third kappa shape index (κ3) is 2.55. The molecule has 17 heavy (non-hydrogen) atoms. The van der Waals surface area contributed by atoms with Crippen LogP contribution in [0.25, 0.3) is 0 Å². The average Bonchev–Trinajstić information content (AvgIpc) is 2.73. The Morgan fingerprint density at radius 2 is 2.12 bits per heavy atom.